The molecule has 26 heavy (non-hydrogen) atoms. The highest BCUT2D eigenvalue weighted by molar-refractivity contribution is 5.94. The Kier molecular flexibility index (Phi) is 3.78. The van der Waals surface area contributed by atoms with E-state index in [4.69, 9.17) is 4.74 Å². The number of carbonyl (C=O) groups excluding carboxylic acids is 1. The molecule has 0 spiro atoms. The van der Waals surface area contributed by atoms with E-state index >= 15 is 0 Å². The first-order valence-corrected chi connectivity index (χ1v) is 9.44. The molecule has 144 valence electrons. The minimum Gasteiger partial charge on any atom is -0.422 e. The summed E-state index contributed by atoms with van der Waals surface area (Å²) in [4.78, 5) is 12.1. The third kappa shape index (κ3) is 2.10. The number of esters is 1. The maximum Gasteiger partial charge on any atom is 0.339 e. The summed E-state index contributed by atoms with van der Waals surface area (Å²) in [6, 6.07) is 0. The molecule has 0 bridgehead atoms. The summed E-state index contributed by atoms with van der Waals surface area (Å²) in [7, 11) is 0. The molecular weight excluding hydrogens is 336 g/mol. The molecule has 6 nitrogen and oxygen atoms in total. The smallest absolute Gasteiger partial charge is 0.339 e. The molecule has 2 fully saturated rings. The number of fused-ring (bicyclic) bond motifs is 4. The second-order valence-corrected chi connectivity index (χ2v) is 9.36. The molecule has 0 aromatic rings. The van der Waals surface area contributed by atoms with Gasteiger partial charge in [0, 0.05) is 11.5 Å². The van der Waals surface area contributed by atoms with Crippen molar-refractivity contribution < 1.29 is 30.0 Å². The fourth-order valence-corrected chi connectivity index (χ4v) is 6.34. The third-order valence-corrected chi connectivity index (χ3v) is 7.58. The van der Waals surface area contributed by atoms with Crippen LogP contribution in [0.1, 0.15) is 46.5 Å². The molecule has 6 atom stereocenters. The summed E-state index contributed by atoms with van der Waals surface area (Å²) in [6.45, 7) is 5.94. The van der Waals surface area contributed by atoms with E-state index in [-0.39, 0.29) is 27.9 Å². The van der Waals surface area contributed by atoms with Crippen LogP contribution in [-0.4, -0.2) is 51.0 Å². The lowest BCUT2D eigenvalue weighted by molar-refractivity contribution is -0.244. The maximum absolute atomic E-state index is 12.1. The van der Waals surface area contributed by atoms with Gasteiger partial charge in [-0.05, 0) is 47.7 Å². The van der Waals surface area contributed by atoms with Crippen molar-refractivity contribution in [3.8, 4) is 0 Å². The lowest BCUT2D eigenvalue weighted by Crippen LogP contribution is -2.62. The van der Waals surface area contributed by atoms with Gasteiger partial charge in [0.15, 0.2) is 0 Å². The topological polar surface area (TPSA) is 107 Å². The minimum atomic E-state index is -2.16. The molecule has 0 amide bonds. The zero-order valence-corrected chi connectivity index (χ0v) is 15.5. The molecule has 4 aliphatic rings. The van der Waals surface area contributed by atoms with Gasteiger partial charge in [0.05, 0.1) is 18.3 Å². The first-order valence-electron chi connectivity index (χ1n) is 9.44. The molecule has 0 aromatic carbocycles. The van der Waals surface area contributed by atoms with Crippen molar-refractivity contribution in [3.63, 3.8) is 0 Å². The summed E-state index contributed by atoms with van der Waals surface area (Å²) in [5, 5.41) is 42.6. The average molecular weight is 364 g/mol. The molecule has 0 aromatic heterocycles. The van der Waals surface area contributed by atoms with Gasteiger partial charge >= 0.3 is 5.97 Å². The second kappa shape index (κ2) is 5.41. The third-order valence-electron chi connectivity index (χ3n) is 7.58. The lowest BCUT2D eigenvalue weighted by atomic mass is 9.45. The van der Waals surface area contributed by atoms with E-state index in [0.29, 0.717) is 12.0 Å². The van der Waals surface area contributed by atoms with Gasteiger partial charge in [-0.3, -0.25) is 0 Å². The van der Waals surface area contributed by atoms with Crippen molar-refractivity contribution in [1.29, 1.82) is 0 Å². The standard InChI is InChI=1S/C20H28O6/c1-18(2)5-4-6-19(3)14(18)8-13(22)10-7-12-11(9-21)17(24)26-20(12,25)16(23)15(10)19/h7,13-16,21-23,25H,4-6,8-9H2,1-3H3. The first-order chi connectivity index (χ1) is 12.1. The van der Waals surface area contributed by atoms with E-state index in [9.17, 15) is 25.2 Å². The quantitative estimate of drug-likeness (QED) is 0.518. The van der Waals surface area contributed by atoms with Crippen LogP contribution in [0, 0.1) is 22.7 Å². The number of rotatable bonds is 1. The fourth-order valence-electron chi connectivity index (χ4n) is 6.34. The van der Waals surface area contributed by atoms with Gasteiger partial charge in [0.2, 0.25) is 0 Å². The summed E-state index contributed by atoms with van der Waals surface area (Å²) in [5.41, 5.74) is 0.362. The van der Waals surface area contributed by atoms with Crippen LogP contribution in [0.25, 0.3) is 0 Å². The molecule has 1 aliphatic heterocycles. The van der Waals surface area contributed by atoms with Gasteiger partial charge in [0.25, 0.3) is 5.79 Å². The van der Waals surface area contributed by atoms with Crippen LogP contribution in [0.3, 0.4) is 0 Å². The van der Waals surface area contributed by atoms with Gasteiger partial charge in [0.1, 0.15) is 6.10 Å². The van der Waals surface area contributed by atoms with Gasteiger partial charge < -0.3 is 25.2 Å². The van der Waals surface area contributed by atoms with Crippen LogP contribution in [0.4, 0.5) is 0 Å². The summed E-state index contributed by atoms with van der Waals surface area (Å²) in [5.74, 6) is -3.30. The molecule has 1 heterocycles. The second-order valence-electron chi connectivity index (χ2n) is 9.36. The molecule has 0 saturated heterocycles. The van der Waals surface area contributed by atoms with Crippen LogP contribution >= 0.6 is 0 Å². The van der Waals surface area contributed by atoms with E-state index < -0.39 is 36.5 Å². The zero-order valence-electron chi connectivity index (χ0n) is 15.5. The summed E-state index contributed by atoms with van der Waals surface area (Å²) >= 11 is 0. The molecule has 3 aliphatic carbocycles. The van der Waals surface area contributed by atoms with Gasteiger partial charge in [-0.1, -0.05) is 27.2 Å². The van der Waals surface area contributed by atoms with Crippen LogP contribution in [0.2, 0.25) is 0 Å². The number of hydrogen-bond acceptors (Lipinski definition) is 6. The largest absolute Gasteiger partial charge is 0.422 e. The Morgan fingerprint density at radius 3 is 2.58 bits per heavy atom. The molecule has 6 unspecified atom stereocenters. The number of ether oxygens (including phenoxy) is 1. The van der Waals surface area contributed by atoms with Crippen LogP contribution in [0.15, 0.2) is 22.8 Å². The van der Waals surface area contributed by atoms with Crippen molar-refractivity contribution in [2.75, 3.05) is 6.61 Å². The van der Waals surface area contributed by atoms with E-state index in [1.54, 1.807) is 6.08 Å². The zero-order chi connectivity index (χ0) is 19.1. The monoisotopic (exact) mass is 364 g/mol. The van der Waals surface area contributed by atoms with Gasteiger partial charge in [-0.2, -0.15) is 0 Å². The van der Waals surface area contributed by atoms with Crippen LogP contribution in [0.5, 0.6) is 0 Å². The Labute approximate surface area is 153 Å². The van der Waals surface area contributed by atoms with Crippen molar-refractivity contribution in [2.24, 2.45) is 22.7 Å². The van der Waals surface area contributed by atoms with Crippen molar-refractivity contribution in [1.82, 2.24) is 0 Å². The number of aliphatic hydroxyl groups excluding tert-OH is 3. The Balaban J connectivity index is 1.89. The SMILES string of the molecule is CC1(C)CCCC2(C)C3C(=CC4=C(CO)C(=O)OC4(O)C3O)C(O)CC12. The normalized spacial score (nSPS) is 46.9. The Morgan fingerprint density at radius 2 is 1.92 bits per heavy atom. The van der Waals surface area contributed by atoms with E-state index in [1.807, 2.05) is 0 Å². The highest BCUT2D eigenvalue weighted by atomic mass is 16.7. The minimum absolute atomic E-state index is 0.0145. The van der Waals surface area contributed by atoms with Gasteiger partial charge in [-0.25, -0.2) is 4.79 Å². The molecule has 0 radical (unpaired) electrons. The molecule has 4 N–H and O–H groups in total. The van der Waals surface area contributed by atoms with Crippen molar-refractivity contribution in [3.05, 3.63) is 22.8 Å². The Hall–Kier alpha value is -1.21. The van der Waals surface area contributed by atoms with Crippen LogP contribution < -0.4 is 0 Å². The van der Waals surface area contributed by atoms with Crippen molar-refractivity contribution in [2.45, 2.75) is 64.4 Å². The highest BCUT2D eigenvalue weighted by Crippen LogP contribution is 2.64. The van der Waals surface area contributed by atoms with Crippen molar-refractivity contribution >= 4 is 5.97 Å². The average Bonchev–Trinajstić information content (AvgIpc) is 2.80. The summed E-state index contributed by atoms with van der Waals surface area (Å²) in [6.07, 6.45) is 2.99. The van der Waals surface area contributed by atoms with Crippen LogP contribution in [-0.2, 0) is 9.53 Å². The predicted octanol–water partition coefficient (Wildman–Crippen LogP) is 1.03. The highest BCUT2D eigenvalue weighted by Gasteiger charge is 2.65. The number of aliphatic hydroxyl groups is 4. The summed E-state index contributed by atoms with van der Waals surface area (Å²) < 4.78 is 5.14. The van der Waals surface area contributed by atoms with E-state index in [0.717, 1.165) is 19.3 Å². The lowest BCUT2D eigenvalue weighted by Gasteiger charge is -2.61. The maximum atomic E-state index is 12.1. The molecule has 4 rings (SSSR count). The van der Waals surface area contributed by atoms with Gasteiger partial charge in [-0.15, -0.1) is 0 Å². The number of carbonyl (C=O) groups is 1. The fraction of sp³-hybridized carbons (Fsp3) is 0.750. The predicted molar refractivity (Wildman–Crippen MR) is 92.6 cm³/mol. The molecular formula is C20H28O6. The number of hydrogen-bond donors (Lipinski definition) is 4. The molecule has 2 saturated carbocycles. The first kappa shape index (κ1) is 18.2. The van der Waals surface area contributed by atoms with E-state index in [1.165, 1.54) is 0 Å². The molecule has 6 heteroatoms. The Morgan fingerprint density at radius 1 is 1.23 bits per heavy atom. The van der Waals surface area contributed by atoms with E-state index in [2.05, 4.69) is 20.8 Å². The Bertz CT molecular complexity index is 722.